The first-order chi connectivity index (χ1) is 39.5. The molecular weight excluding hydrogens is 985 g/mol. The van der Waals surface area contributed by atoms with Crippen molar-refractivity contribution in [3.05, 3.63) is 97.2 Å². The van der Waals surface area contributed by atoms with E-state index in [1.54, 1.807) is 0 Å². The molecule has 0 N–H and O–H groups in total. The highest BCUT2D eigenvalue weighted by Gasteiger charge is 2.19. The first-order valence-electron chi connectivity index (χ1n) is 34.2. The average Bonchev–Trinajstić information content (AvgIpc) is 3.46. The molecule has 0 heterocycles. The molecule has 80 heavy (non-hydrogen) atoms. The molecule has 0 rings (SSSR count). The second kappa shape index (κ2) is 67.8. The molecule has 0 aliphatic heterocycles. The molecule has 0 aromatic carbocycles. The van der Waals surface area contributed by atoms with Crippen molar-refractivity contribution in [2.75, 3.05) is 13.2 Å². The van der Waals surface area contributed by atoms with Crippen LogP contribution in [0, 0.1) is 0 Å². The van der Waals surface area contributed by atoms with E-state index in [9.17, 15) is 14.4 Å². The summed E-state index contributed by atoms with van der Waals surface area (Å²) in [6, 6.07) is 0. The third kappa shape index (κ3) is 65.1. The highest BCUT2D eigenvalue weighted by atomic mass is 16.6. The zero-order valence-corrected chi connectivity index (χ0v) is 52.8. The molecule has 460 valence electrons. The molecule has 6 heteroatoms. The molecule has 0 amide bonds. The minimum absolute atomic E-state index is 0.0993. The number of hydrogen-bond acceptors (Lipinski definition) is 6. The maximum atomic E-state index is 12.9. The van der Waals surface area contributed by atoms with Crippen molar-refractivity contribution in [3.8, 4) is 0 Å². The molecule has 0 spiro atoms. The van der Waals surface area contributed by atoms with E-state index in [0.717, 1.165) is 77.0 Å². The van der Waals surface area contributed by atoms with Crippen molar-refractivity contribution < 1.29 is 28.6 Å². The Kier molecular flexibility index (Phi) is 64.7. The van der Waals surface area contributed by atoms with E-state index < -0.39 is 6.10 Å². The molecule has 0 bridgehead atoms. The van der Waals surface area contributed by atoms with Crippen LogP contribution >= 0.6 is 0 Å². The quantitative estimate of drug-likeness (QED) is 0.0261. The molecule has 1 unspecified atom stereocenters. The number of unbranched alkanes of at least 4 members (excludes halogenated alkanes) is 35. The van der Waals surface area contributed by atoms with Crippen molar-refractivity contribution in [2.45, 2.75) is 341 Å². The summed E-state index contributed by atoms with van der Waals surface area (Å²) in [4.78, 5) is 38.3. The van der Waals surface area contributed by atoms with Crippen molar-refractivity contribution in [1.29, 1.82) is 0 Å². The standard InChI is InChI=1S/C74H128O6/c1-4-7-10-13-16-19-22-25-27-29-31-32-33-34-35-36-37-38-39-40-41-42-43-45-46-49-52-55-58-61-64-67-73(76)79-70-71(69-78-72(75)66-63-60-57-54-51-48-24-21-18-15-12-9-6-3)80-74(77)68-65-62-59-56-53-50-47-44-30-28-26-23-20-17-14-11-8-5-2/h9,12,18,21-22,25,28-31,33-34,48,51,57,60,71H,4-8,10-11,13-17,19-20,23-24,26-27,32,35-47,49-50,52-56,58-59,61-70H2,1-3H3/b12-9-,21-18-,25-22-,30-28-,31-29-,34-33-,51-48-,60-57-. The van der Waals surface area contributed by atoms with Crippen molar-refractivity contribution in [2.24, 2.45) is 0 Å². The van der Waals surface area contributed by atoms with Crippen molar-refractivity contribution in [3.63, 3.8) is 0 Å². The number of ether oxygens (including phenoxy) is 3. The normalized spacial score (nSPS) is 12.7. The zero-order chi connectivity index (χ0) is 57.8. The summed E-state index contributed by atoms with van der Waals surface area (Å²) in [5, 5.41) is 0. The fourth-order valence-corrected chi connectivity index (χ4v) is 9.70. The SMILES string of the molecule is CC/C=C\C/C=C\C/C=C\C/C=C\CCC(=O)OCC(COC(=O)CCCCCCCCCCCCCCCCCC/C=C\C/C=C\C/C=C\CCCCCCC)OC(=O)CCCCCCCCC/C=C\CCCCCCCCC. The summed E-state index contributed by atoms with van der Waals surface area (Å²) < 4.78 is 16.9. The summed E-state index contributed by atoms with van der Waals surface area (Å²) in [6.07, 6.45) is 91.7. The van der Waals surface area contributed by atoms with Crippen LogP contribution in [-0.2, 0) is 28.6 Å². The second-order valence-corrected chi connectivity index (χ2v) is 22.7. The van der Waals surface area contributed by atoms with E-state index >= 15 is 0 Å². The lowest BCUT2D eigenvalue weighted by Crippen LogP contribution is -2.30. The van der Waals surface area contributed by atoms with Gasteiger partial charge in [0.15, 0.2) is 6.10 Å². The monoisotopic (exact) mass is 1110 g/mol. The van der Waals surface area contributed by atoms with Gasteiger partial charge in [-0.3, -0.25) is 14.4 Å². The van der Waals surface area contributed by atoms with Crippen LogP contribution < -0.4 is 0 Å². The first-order valence-corrected chi connectivity index (χ1v) is 34.2. The fourth-order valence-electron chi connectivity index (χ4n) is 9.70. The molecule has 0 saturated carbocycles. The number of hydrogen-bond donors (Lipinski definition) is 0. The number of rotatable bonds is 62. The molecule has 1 atom stereocenters. The van der Waals surface area contributed by atoms with E-state index in [4.69, 9.17) is 14.2 Å². The fraction of sp³-hybridized carbons (Fsp3) is 0.743. The van der Waals surface area contributed by atoms with Gasteiger partial charge in [0.05, 0.1) is 0 Å². The van der Waals surface area contributed by atoms with Crippen molar-refractivity contribution in [1.82, 2.24) is 0 Å². The predicted molar refractivity (Wildman–Crippen MR) is 348 cm³/mol. The van der Waals surface area contributed by atoms with Gasteiger partial charge in [0.1, 0.15) is 13.2 Å². The number of carbonyl (C=O) groups excluding carboxylic acids is 3. The number of esters is 3. The summed E-state index contributed by atoms with van der Waals surface area (Å²) in [6.45, 7) is 6.48. The van der Waals surface area contributed by atoms with E-state index in [-0.39, 0.29) is 37.5 Å². The van der Waals surface area contributed by atoms with Gasteiger partial charge in [-0.25, -0.2) is 0 Å². The van der Waals surface area contributed by atoms with Crippen LogP contribution in [0.25, 0.3) is 0 Å². The molecule has 0 saturated heterocycles. The minimum Gasteiger partial charge on any atom is -0.462 e. The maximum Gasteiger partial charge on any atom is 0.306 e. The highest BCUT2D eigenvalue weighted by Crippen LogP contribution is 2.17. The van der Waals surface area contributed by atoms with Crippen LogP contribution in [0.2, 0.25) is 0 Å². The third-order valence-electron chi connectivity index (χ3n) is 14.8. The Hall–Kier alpha value is -3.67. The van der Waals surface area contributed by atoms with Gasteiger partial charge in [0.25, 0.3) is 0 Å². The lowest BCUT2D eigenvalue weighted by atomic mass is 10.0. The van der Waals surface area contributed by atoms with Crippen LogP contribution in [0.15, 0.2) is 97.2 Å². The number of allylic oxidation sites excluding steroid dienone is 16. The Labute approximate surface area is 496 Å². The summed E-state index contributed by atoms with van der Waals surface area (Å²) in [7, 11) is 0. The van der Waals surface area contributed by atoms with Crippen LogP contribution in [0.1, 0.15) is 335 Å². The minimum atomic E-state index is -0.809. The lowest BCUT2D eigenvalue weighted by molar-refractivity contribution is -0.166. The summed E-state index contributed by atoms with van der Waals surface area (Å²) >= 11 is 0. The smallest absolute Gasteiger partial charge is 0.306 e. The Morgan fingerprint density at radius 2 is 0.512 bits per heavy atom. The van der Waals surface area contributed by atoms with Crippen LogP contribution in [0.4, 0.5) is 0 Å². The van der Waals surface area contributed by atoms with E-state index in [2.05, 4.69) is 112 Å². The van der Waals surface area contributed by atoms with Gasteiger partial charge in [-0.1, -0.05) is 304 Å². The Bertz CT molecular complexity index is 1560. The highest BCUT2D eigenvalue weighted by molar-refractivity contribution is 5.71. The molecule has 0 aliphatic carbocycles. The second-order valence-electron chi connectivity index (χ2n) is 22.7. The molecule has 0 aromatic heterocycles. The van der Waals surface area contributed by atoms with Crippen LogP contribution in [-0.4, -0.2) is 37.2 Å². The largest absolute Gasteiger partial charge is 0.462 e. The van der Waals surface area contributed by atoms with Gasteiger partial charge < -0.3 is 14.2 Å². The molecule has 0 aromatic rings. The summed E-state index contributed by atoms with van der Waals surface area (Å²) in [5.41, 5.74) is 0. The van der Waals surface area contributed by atoms with Gasteiger partial charge in [-0.2, -0.15) is 0 Å². The molecule has 0 aliphatic rings. The average molecular weight is 1110 g/mol. The van der Waals surface area contributed by atoms with Gasteiger partial charge in [-0.15, -0.1) is 0 Å². The van der Waals surface area contributed by atoms with Gasteiger partial charge in [0, 0.05) is 19.3 Å². The van der Waals surface area contributed by atoms with Gasteiger partial charge in [-0.05, 0) is 109 Å². The molecule has 0 fully saturated rings. The Balaban J connectivity index is 4.24. The first kappa shape index (κ1) is 76.3. The Morgan fingerprint density at radius 3 is 0.850 bits per heavy atom. The van der Waals surface area contributed by atoms with Gasteiger partial charge in [0.2, 0.25) is 0 Å². The number of carbonyl (C=O) groups is 3. The lowest BCUT2D eigenvalue weighted by Gasteiger charge is -2.18. The summed E-state index contributed by atoms with van der Waals surface area (Å²) in [5.74, 6) is -0.977. The zero-order valence-electron chi connectivity index (χ0n) is 52.8. The van der Waals surface area contributed by atoms with E-state index in [1.165, 1.54) is 212 Å². The van der Waals surface area contributed by atoms with Crippen LogP contribution in [0.5, 0.6) is 0 Å². The molecule has 6 nitrogen and oxygen atoms in total. The Morgan fingerprint density at radius 1 is 0.263 bits per heavy atom. The predicted octanol–water partition coefficient (Wildman–Crippen LogP) is 23.6. The van der Waals surface area contributed by atoms with E-state index in [1.807, 2.05) is 6.08 Å². The third-order valence-corrected chi connectivity index (χ3v) is 14.8. The molecule has 0 radical (unpaired) electrons. The molecular formula is C74H128O6. The maximum absolute atomic E-state index is 12.9. The van der Waals surface area contributed by atoms with Gasteiger partial charge >= 0.3 is 17.9 Å². The topological polar surface area (TPSA) is 78.9 Å². The van der Waals surface area contributed by atoms with Crippen LogP contribution in [0.3, 0.4) is 0 Å². The van der Waals surface area contributed by atoms with E-state index in [0.29, 0.717) is 19.3 Å². The van der Waals surface area contributed by atoms with Crippen molar-refractivity contribution >= 4 is 17.9 Å².